The molecule has 1 saturated heterocycles. The van der Waals surface area contributed by atoms with Crippen LogP contribution >= 0.6 is 0 Å². The molecule has 1 N–H and O–H groups in total. The third-order valence-corrected chi connectivity index (χ3v) is 7.38. The Morgan fingerprint density at radius 1 is 0.971 bits per heavy atom. The second-order valence-electron chi connectivity index (χ2n) is 10.6. The highest BCUT2D eigenvalue weighted by atomic mass is 16.3. The molecule has 1 aromatic heterocycles. The van der Waals surface area contributed by atoms with Crippen LogP contribution in [0.3, 0.4) is 0 Å². The molecule has 3 heterocycles. The number of likely N-dealkylation sites (N-methyl/N-ethyl adjacent to an activating group) is 1. The van der Waals surface area contributed by atoms with Gasteiger partial charge in [0.15, 0.2) is 0 Å². The number of amides is 1. The number of ketones is 1. The lowest BCUT2D eigenvalue weighted by atomic mass is 9.78. The van der Waals surface area contributed by atoms with Crippen LogP contribution in [0.4, 0.5) is 0 Å². The van der Waals surface area contributed by atoms with E-state index in [2.05, 4.69) is 33.7 Å². The molecule has 184 valence electrons. The Morgan fingerprint density at radius 2 is 1.59 bits per heavy atom. The largest absolute Gasteiger partial charge is 0.506 e. The summed E-state index contributed by atoms with van der Waals surface area (Å²) in [5.41, 5.74) is 4.36. The molecule has 0 atom stereocenters. The lowest BCUT2D eigenvalue weighted by Gasteiger charge is -2.29. The number of carbonyl (C=O) groups is 2. The van der Waals surface area contributed by atoms with Crippen LogP contribution in [-0.4, -0.2) is 74.3 Å². The molecule has 0 aromatic carbocycles. The fourth-order valence-corrected chi connectivity index (χ4v) is 5.29. The number of rotatable bonds is 5. The minimum Gasteiger partial charge on any atom is -0.506 e. The zero-order valence-corrected chi connectivity index (χ0v) is 21.7. The number of aliphatic hydroxyl groups is 1. The van der Waals surface area contributed by atoms with Crippen LogP contribution in [-0.2, 0) is 16.1 Å². The van der Waals surface area contributed by atoms with Gasteiger partial charge in [0.1, 0.15) is 5.76 Å². The van der Waals surface area contributed by atoms with E-state index in [1.807, 2.05) is 34.6 Å². The SMILES string of the molecule is CC1=NN(C(C)(C)C)C(=O)C1=C1C(=O)C(c2c(C)c(C)n(CCN(C)N3CCCC3)c2C)=C1O. The zero-order valence-electron chi connectivity index (χ0n) is 21.7. The van der Waals surface area contributed by atoms with Crippen LogP contribution < -0.4 is 0 Å². The van der Waals surface area contributed by atoms with Crippen LogP contribution in [0.1, 0.15) is 63.1 Å². The van der Waals surface area contributed by atoms with Crippen LogP contribution in [0.25, 0.3) is 5.57 Å². The van der Waals surface area contributed by atoms with Crippen molar-refractivity contribution in [3.8, 4) is 0 Å². The van der Waals surface area contributed by atoms with Crippen molar-refractivity contribution < 1.29 is 14.7 Å². The van der Waals surface area contributed by atoms with E-state index in [4.69, 9.17) is 0 Å². The topological polar surface area (TPSA) is 81.4 Å². The van der Waals surface area contributed by atoms with E-state index in [0.29, 0.717) is 11.3 Å². The molecule has 1 fully saturated rings. The third kappa shape index (κ3) is 3.73. The summed E-state index contributed by atoms with van der Waals surface area (Å²) in [5, 5.41) is 21.5. The number of hydrazone groups is 1. The van der Waals surface area contributed by atoms with Crippen molar-refractivity contribution in [2.75, 3.05) is 26.7 Å². The highest BCUT2D eigenvalue weighted by Crippen LogP contribution is 2.43. The number of hydrogen-bond acceptors (Lipinski definition) is 6. The fourth-order valence-electron chi connectivity index (χ4n) is 5.29. The second-order valence-corrected chi connectivity index (χ2v) is 10.6. The number of carbonyl (C=O) groups excluding carboxylic acids is 2. The summed E-state index contributed by atoms with van der Waals surface area (Å²) in [7, 11) is 2.12. The van der Waals surface area contributed by atoms with Crippen LogP contribution in [0.15, 0.2) is 22.0 Å². The molecule has 34 heavy (non-hydrogen) atoms. The first kappa shape index (κ1) is 24.4. The van der Waals surface area contributed by atoms with Gasteiger partial charge in [0.25, 0.3) is 5.91 Å². The maximum Gasteiger partial charge on any atom is 0.277 e. The van der Waals surface area contributed by atoms with Crippen LogP contribution in [0.2, 0.25) is 0 Å². The standard InChI is InChI=1S/C26H37N5O3/c1-15-17(3)30(14-13-28(8)29-11-9-10-12-29)18(4)19(15)21-23(32)22(24(21)33)20-16(2)27-31(25(20)34)26(5,6)7/h32H,9-14H2,1-8H3. The lowest BCUT2D eigenvalue weighted by Crippen LogP contribution is -2.40. The van der Waals surface area contributed by atoms with Crippen molar-refractivity contribution in [1.82, 2.24) is 19.6 Å². The van der Waals surface area contributed by atoms with Crippen molar-refractivity contribution in [2.24, 2.45) is 5.10 Å². The maximum atomic E-state index is 13.3. The van der Waals surface area contributed by atoms with Crippen LogP contribution in [0, 0.1) is 20.8 Å². The van der Waals surface area contributed by atoms with E-state index in [9.17, 15) is 14.7 Å². The van der Waals surface area contributed by atoms with Gasteiger partial charge >= 0.3 is 0 Å². The number of nitrogens with zero attached hydrogens (tertiary/aromatic N) is 5. The average molecular weight is 468 g/mol. The molecule has 3 aliphatic rings. The van der Waals surface area contributed by atoms with Gasteiger partial charge in [-0.3, -0.25) is 9.59 Å². The van der Waals surface area contributed by atoms with E-state index < -0.39 is 5.54 Å². The summed E-state index contributed by atoms with van der Waals surface area (Å²) in [6, 6.07) is 0. The lowest BCUT2D eigenvalue weighted by molar-refractivity contribution is -0.130. The Balaban J connectivity index is 1.66. The minimum atomic E-state index is -0.515. The number of aromatic nitrogens is 1. The summed E-state index contributed by atoms with van der Waals surface area (Å²) in [4.78, 5) is 26.4. The number of hydrogen-bond donors (Lipinski definition) is 1. The van der Waals surface area contributed by atoms with E-state index in [1.54, 1.807) is 6.92 Å². The van der Waals surface area contributed by atoms with Crippen molar-refractivity contribution in [3.63, 3.8) is 0 Å². The van der Waals surface area contributed by atoms with E-state index in [0.717, 1.165) is 48.7 Å². The van der Waals surface area contributed by atoms with Gasteiger partial charge in [0.2, 0.25) is 5.78 Å². The van der Waals surface area contributed by atoms with Gasteiger partial charge in [-0.2, -0.15) is 5.10 Å². The number of hydrazine groups is 1. The fraction of sp³-hybridized carbons (Fsp3) is 0.577. The maximum absolute atomic E-state index is 13.3. The summed E-state index contributed by atoms with van der Waals surface area (Å²) >= 11 is 0. The monoisotopic (exact) mass is 467 g/mol. The van der Waals surface area contributed by atoms with Gasteiger partial charge < -0.3 is 9.67 Å². The summed E-state index contributed by atoms with van der Waals surface area (Å²) in [6.07, 6.45) is 2.48. The molecule has 0 radical (unpaired) electrons. The Kier molecular flexibility index (Phi) is 6.10. The number of allylic oxidation sites excluding steroid dienone is 2. The Morgan fingerprint density at radius 3 is 2.12 bits per heavy atom. The Bertz CT molecular complexity index is 1160. The summed E-state index contributed by atoms with van der Waals surface area (Å²) in [6.45, 7) is 17.3. The highest BCUT2D eigenvalue weighted by molar-refractivity contribution is 6.44. The predicted octanol–water partition coefficient (Wildman–Crippen LogP) is 3.52. The molecule has 0 saturated carbocycles. The first-order chi connectivity index (χ1) is 15.9. The first-order valence-electron chi connectivity index (χ1n) is 12.1. The third-order valence-electron chi connectivity index (χ3n) is 7.38. The van der Waals surface area contributed by atoms with Crippen molar-refractivity contribution >= 4 is 23.0 Å². The van der Waals surface area contributed by atoms with Gasteiger partial charge in [-0.1, -0.05) is 0 Å². The van der Waals surface area contributed by atoms with Gasteiger partial charge in [0, 0.05) is 50.2 Å². The molecular formula is C26H37N5O3. The molecule has 1 aromatic rings. The molecule has 0 spiro atoms. The zero-order chi connectivity index (χ0) is 25.1. The molecule has 8 heteroatoms. The quantitative estimate of drug-likeness (QED) is 0.670. The number of aliphatic hydroxyl groups excluding tert-OH is 1. The summed E-state index contributed by atoms with van der Waals surface area (Å²) in [5.74, 6) is -0.731. The van der Waals surface area contributed by atoms with Crippen molar-refractivity contribution in [1.29, 1.82) is 0 Å². The molecule has 4 rings (SSSR count). The molecule has 8 nitrogen and oxygen atoms in total. The predicted molar refractivity (Wildman–Crippen MR) is 133 cm³/mol. The van der Waals surface area contributed by atoms with Gasteiger partial charge in [0.05, 0.1) is 28.0 Å². The molecule has 2 aliphatic heterocycles. The molecule has 1 amide bonds. The van der Waals surface area contributed by atoms with Crippen LogP contribution in [0.5, 0.6) is 0 Å². The molecule has 0 unspecified atom stereocenters. The first-order valence-corrected chi connectivity index (χ1v) is 12.1. The van der Waals surface area contributed by atoms with E-state index in [1.165, 1.54) is 17.9 Å². The van der Waals surface area contributed by atoms with Gasteiger partial charge in [-0.15, -0.1) is 0 Å². The highest BCUT2D eigenvalue weighted by Gasteiger charge is 2.45. The normalized spacial score (nSPS) is 21.9. The average Bonchev–Trinajstić information content (AvgIpc) is 3.45. The van der Waals surface area contributed by atoms with Gasteiger partial charge in [-0.25, -0.2) is 15.0 Å². The molecule has 0 bridgehead atoms. The smallest absolute Gasteiger partial charge is 0.277 e. The second kappa shape index (κ2) is 8.50. The Hall–Kier alpha value is -2.71. The Labute approximate surface area is 202 Å². The summed E-state index contributed by atoms with van der Waals surface area (Å²) < 4.78 is 2.23. The van der Waals surface area contributed by atoms with Crippen molar-refractivity contribution in [2.45, 2.75) is 73.4 Å². The van der Waals surface area contributed by atoms with E-state index >= 15 is 0 Å². The minimum absolute atomic E-state index is 0.0889. The van der Waals surface area contributed by atoms with Gasteiger partial charge in [-0.05, 0) is 66.9 Å². The molecule has 1 aliphatic carbocycles. The van der Waals surface area contributed by atoms with Crippen molar-refractivity contribution in [3.05, 3.63) is 39.4 Å². The molecular weight excluding hydrogens is 430 g/mol. The van der Waals surface area contributed by atoms with E-state index in [-0.39, 0.29) is 28.6 Å². The number of Topliss-reactive ketones (excluding diaryl/α,β-unsaturated/α-hetero) is 1.